The number of nitrogens with zero attached hydrogens (tertiary/aromatic N) is 4. The second-order valence-electron chi connectivity index (χ2n) is 4.85. The Bertz CT molecular complexity index is 765. The van der Waals surface area contributed by atoms with Crippen molar-refractivity contribution in [1.82, 2.24) is 19.9 Å². The van der Waals surface area contributed by atoms with Crippen LogP contribution in [0.25, 0.3) is 0 Å². The summed E-state index contributed by atoms with van der Waals surface area (Å²) in [6.45, 7) is 0.804. The maximum absolute atomic E-state index is 12.5. The predicted octanol–water partition coefficient (Wildman–Crippen LogP) is 0.822. The zero-order chi connectivity index (χ0) is 15.7. The molecule has 0 spiro atoms. The molecule has 0 aromatic carbocycles. The largest absolute Gasteiger partial charge is 0.363 e. The Morgan fingerprint density at radius 2 is 2.14 bits per heavy atom. The van der Waals surface area contributed by atoms with Gasteiger partial charge in [0.25, 0.3) is 11.8 Å². The molecule has 2 amide bonds. The van der Waals surface area contributed by atoms with E-state index in [2.05, 4.69) is 15.0 Å². The first-order valence-electron chi connectivity index (χ1n) is 6.60. The molecule has 2 N–H and O–H groups in total. The highest BCUT2D eigenvalue weighted by atomic mass is 35.5. The Balaban J connectivity index is 1.87. The third-order valence-corrected chi connectivity index (χ3v) is 3.74. The molecule has 0 bridgehead atoms. The second-order valence-corrected chi connectivity index (χ2v) is 5.21. The van der Waals surface area contributed by atoms with Crippen LogP contribution in [0.2, 0.25) is 5.15 Å². The van der Waals surface area contributed by atoms with Gasteiger partial charge >= 0.3 is 0 Å². The molecule has 8 heteroatoms. The highest BCUT2D eigenvalue weighted by Crippen LogP contribution is 2.21. The van der Waals surface area contributed by atoms with Crippen LogP contribution in [0.3, 0.4) is 0 Å². The molecule has 7 nitrogen and oxygen atoms in total. The summed E-state index contributed by atoms with van der Waals surface area (Å²) in [6, 6.07) is 3.28. The second kappa shape index (κ2) is 5.69. The fourth-order valence-electron chi connectivity index (χ4n) is 2.31. The van der Waals surface area contributed by atoms with Gasteiger partial charge in [0.1, 0.15) is 5.15 Å². The fraction of sp³-hybridized carbons (Fsp3) is 0.214. The van der Waals surface area contributed by atoms with Crippen molar-refractivity contribution in [2.24, 2.45) is 5.73 Å². The van der Waals surface area contributed by atoms with Crippen LogP contribution in [-0.4, -0.2) is 38.2 Å². The van der Waals surface area contributed by atoms with E-state index in [0.29, 0.717) is 24.2 Å². The van der Waals surface area contributed by atoms with Crippen molar-refractivity contribution in [3.8, 4) is 0 Å². The summed E-state index contributed by atoms with van der Waals surface area (Å²) in [5.74, 6) is -0.961. The molecular formula is C14H12ClN5O2. The smallest absolute Gasteiger partial charge is 0.286 e. The summed E-state index contributed by atoms with van der Waals surface area (Å²) >= 11 is 5.96. The average molecular weight is 318 g/mol. The molecule has 0 unspecified atom stereocenters. The van der Waals surface area contributed by atoms with Crippen LogP contribution < -0.4 is 5.73 Å². The van der Waals surface area contributed by atoms with Crippen LogP contribution in [0.15, 0.2) is 24.5 Å². The summed E-state index contributed by atoms with van der Waals surface area (Å²) < 4.78 is 0. The standard InChI is InChI=1S/C14H12ClN5O2/c15-11-9(2-1-4-17-11)14(22)20-5-3-8-6-18-13(12(16)21)19-10(8)7-20/h1-2,4,6H,3,5,7H2,(H2,16,21). The molecule has 2 aromatic heterocycles. The lowest BCUT2D eigenvalue weighted by molar-refractivity contribution is 0.0731. The van der Waals surface area contributed by atoms with Crippen LogP contribution in [0.4, 0.5) is 0 Å². The van der Waals surface area contributed by atoms with E-state index in [1.54, 1.807) is 23.2 Å². The van der Waals surface area contributed by atoms with Crippen LogP contribution in [0.5, 0.6) is 0 Å². The minimum atomic E-state index is -0.693. The van der Waals surface area contributed by atoms with E-state index >= 15 is 0 Å². The molecular weight excluding hydrogens is 306 g/mol. The minimum absolute atomic E-state index is 0.0486. The highest BCUT2D eigenvalue weighted by molar-refractivity contribution is 6.32. The lowest BCUT2D eigenvalue weighted by Crippen LogP contribution is -2.37. The number of pyridine rings is 1. The summed E-state index contributed by atoms with van der Waals surface area (Å²) in [4.78, 5) is 37.2. The van der Waals surface area contributed by atoms with Gasteiger partial charge in [-0.3, -0.25) is 9.59 Å². The Hall–Kier alpha value is -2.54. The predicted molar refractivity (Wildman–Crippen MR) is 78.2 cm³/mol. The average Bonchev–Trinajstić information content (AvgIpc) is 2.53. The third kappa shape index (κ3) is 2.62. The first-order valence-corrected chi connectivity index (χ1v) is 6.98. The Kier molecular flexibility index (Phi) is 3.72. The van der Waals surface area contributed by atoms with Gasteiger partial charge in [-0.1, -0.05) is 11.6 Å². The SMILES string of the molecule is NC(=O)c1ncc2c(n1)CN(C(=O)c1cccnc1Cl)CC2. The first kappa shape index (κ1) is 14.4. The summed E-state index contributed by atoms with van der Waals surface area (Å²) in [5, 5.41) is 0.166. The first-order chi connectivity index (χ1) is 10.6. The van der Waals surface area contributed by atoms with E-state index in [9.17, 15) is 9.59 Å². The van der Waals surface area contributed by atoms with Crippen molar-refractivity contribution in [3.05, 3.63) is 52.3 Å². The number of hydrogen-bond donors (Lipinski definition) is 1. The van der Waals surface area contributed by atoms with Gasteiger partial charge in [-0.25, -0.2) is 15.0 Å². The molecule has 0 radical (unpaired) electrons. The van der Waals surface area contributed by atoms with Crippen LogP contribution in [-0.2, 0) is 13.0 Å². The van der Waals surface area contributed by atoms with Gasteiger partial charge in [0, 0.05) is 18.9 Å². The molecule has 112 valence electrons. The third-order valence-electron chi connectivity index (χ3n) is 3.44. The minimum Gasteiger partial charge on any atom is -0.363 e. The summed E-state index contributed by atoms with van der Waals surface area (Å²) in [7, 11) is 0. The number of amides is 2. The molecule has 0 atom stereocenters. The number of primary amides is 1. The zero-order valence-electron chi connectivity index (χ0n) is 11.5. The maximum Gasteiger partial charge on any atom is 0.286 e. The van der Waals surface area contributed by atoms with E-state index in [-0.39, 0.29) is 23.4 Å². The van der Waals surface area contributed by atoms with Crippen LogP contribution in [0.1, 0.15) is 32.2 Å². The Morgan fingerprint density at radius 3 is 2.86 bits per heavy atom. The van der Waals surface area contributed by atoms with Gasteiger partial charge in [-0.15, -0.1) is 0 Å². The molecule has 1 aliphatic heterocycles. The quantitative estimate of drug-likeness (QED) is 0.826. The number of rotatable bonds is 2. The van der Waals surface area contributed by atoms with Crippen molar-refractivity contribution in [2.45, 2.75) is 13.0 Å². The molecule has 0 aliphatic carbocycles. The van der Waals surface area contributed by atoms with Crippen LogP contribution in [0, 0.1) is 0 Å². The van der Waals surface area contributed by atoms with Gasteiger partial charge in [0.05, 0.1) is 17.8 Å². The van der Waals surface area contributed by atoms with Gasteiger partial charge < -0.3 is 10.6 Å². The van der Waals surface area contributed by atoms with Gasteiger partial charge in [-0.05, 0) is 24.1 Å². The number of carbonyl (C=O) groups is 2. The van der Waals surface area contributed by atoms with Crippen molar-refractivity contribution in [2.75, 3.05) is 6.54 Å². The number of nitrogens with two attached hydrogens (primary N) is 1. The zero-order valence-corrected chi connectivity index (χ0v) is 12.2. The molecule has 1 aliphatic rings. The highest BCUT2D eigenvalue weighted by Gasteiger charge is 2.25. The van der Waals surface area contributed by atoms with E-state index in [0.717, 1.165) is 5.56 Å². The fourth-order valence-corrected chi connectivity index (χ4v) is 2.51. The Labute approximate surface area is 131 Å². The molecule has 0 fully saturated rings. The van der Waals surface area contributed by atoms with Gasteiger partial charge in [0.15, 0.2) is 0 Å². The van der Waals surface area contributed by atoms with Crippen molar-refractivity contribution < 1.29 is 9.59 Å². The Morgan fingerprint density at radius 1 is 1.32 bits per heavy atom. The van der Waals surface area contributed by atoms with E-state index in [4.69, 9.17) is 17.3 Å². The van der Waals surface area contributed by atoms with Crippen molar-refractivity contribution in [3.63, 3.8) is 0 Å². The number of hydrogen-bond acceptors (Lipinski definition) is 5. The van der Waals surface area contributed by atoms with E-state index in [1.807, 2.05) is 0 Å². The number of aromatic nitrogens is 3. The van der Waals surface area contributed by atoms with Crippen molar-refractivity contribution >= 4 is 23.4 Å². The summed E-state index contributed by atoms with van der Waals surface area (Å²) in [5.41, 5.74) is 7.06. The van der Waals surface area contributed by atoms with Crippen molar-refractivity contribution in [1.29, 1.82) is 0 Å². The lowest BCUT2D eigenvalue weighted by Gasteiger charge is -2.28. The number of halogens is 1. The number of carbonyl (C=O) groups excluding carboxylic acids is 2. The molecule has 0 saturated carbocycles. The molecule has 22 heavy (non-hydrogen) atoms. The molecule has 3 heterocycles. The topological polar surface area (TPSA) is 102 Å². The number of fused-ring (bicyclic) bond motifs is 1. The monoisotopic (exact) mass is 317 g/mol. The summed E-state index contributed by atoms with van der Waals surface area (Å²) in [6.07, 6.45) is 3.72. The maximum atomic E-state index is 12.5. The van der Waals surface area contributed by atoms with E-state index < -0.39 is 5.91 Å². The van der Waals surface area contributed by atoms with E-state index in [1.165, 1.54) is 6.20 Å². The van der Waals surface area contributed by atoms with Gasteiger partial charge in [-0.2, -0.15) is 0 Å². The van der Waals surface area contributed by atoms with Crippen LogP contribution >= 0.6 is 11.6 Å². The molecule has 0 saturated heterocycles. The normalized spacial score (nSPS) is 13.6. The lowest BCUT2D eigenvalue weighted by atomic mass is 10.1. The van der Waals surface area contributed by atoms with Gasteiger partial charge in [0.2, 0.25) is 5.82 Å². The molecule has 3 rings (SSSR count). The molecule has 2 aromatic rings.